The summed E-state index contributed by atoms with van der Waals surface area (Å²) in [6, 6.07) is 15.3. The molecule has 2 aromatic carbocycles. The molecule has 1 fully saturated rings. The molecular formula is C19H18N4O4S2. The highest BCUT2D eigenvalue weighted by Crippen LogP contribution is 2.22. The van der Waals surface area contributed by atoms with Gasteiger partial charge < -0.3 is 0 Å². The Labute approximate surface area is 170 Å². The van der Waals surface area contributed by atoms with Crippen LogP contribution >= 0.6 is 0 Å². The smallest absolute Gasteiger partial charge is 0.207 e. The summed E-state index contributed by atoms with van der Waals surface area (Å²) in [5.41, 5.74) is 0.477. The number of nitrogens with zero attached hydrogens (tertiary/aromatic N) is 4. The lowest BCUT2D eigenvalue weighted by molar-refractivity contribution is 0.404. The lowest BCUT2D eigenvalue weighted by Gasteiger charge is -2.22. The van der Waals surface area contributed by atoms with Crippen molar-refractivity contribution in [3.63, 3.8) is 0 Å². The van der Waals surface area contributed by atoms with Gasteiger partial charge in [0.15, 0.2) is 0 Å². The zero-order valence-electron chi connectivity index (χ0n) is 15.4. The number of hydrogen-bond acceptors (Lipinski definition) is 6. The van der Waals surface area contributed by atoms with E-state index in [0.29, 0.717) is 6.42 Å². The van der Waals surface area contributed by atoms with Gasteiger partial charge >= 0.3 is 0 Å². The Hall–Kier alpha value is -2.76. The van der Waals surface area contributed by atoms with E-state index in [1.807, 2.05) is 12.1 Å². The molecule has 0 bridgehead atoms. The molecule has 29 heavy (non-hydrogen) atoms. The number of nitriles is 2. The molecule has 0 unspecified atom stereocenters. The van der Waals surface area contributed by atoms with Crippen molar-refractivity contribution in [1.29, 1.82) is 10.5 Å². The highest BCUT2D eigenvalue weighted by Gasteiger charge is 2.31. The molecule has 150 valence electrons. The SMILES string of the molecule is N#Cc1cccc(S(=O)(=O)N2CCCN(S(=O)(=O)c3cccc(C#N)c3)CC2)c1. The second-order valence-corrected chi connectivity index (χ2v) is 10.3. The van der Waals surface area contributed by atoms with Gasteiger partial charge in [-0.05, 0) is 42.8 Å². The molecule has 2 aromatic rings. The van der Waals surface area contributed by atoms with E-state index < -0.39 is 20.0 Å². The third-order valence-corrected chi connectivity index (χ3v) is 8.40. The van der Waals surface area contributed by atoms with E-state index >= 15 is 0 Å². The molecule has 0 N–H and O–H groups in total. The van der Waals surface area contributed by atoms with E-state index in [1.165, 1.54) is 57.1 Å². The predicted octanol–water partition coefficient (Wildman–Crippen LogP) is 1.52. The minimum Gasteiger partial charge on any atom is -0.207 e. The van der Waals surface area contributed by atoms with Crippen molar-refractivity contribution in [1.82, 2.24) is 8.61 Å². The Morgan fingerprint density at radius 3 is 1.48 bits per heavy atom. The Morgan fingerprint density at radius 2 is 1.10 bits per heavy atom. The molecule has 0 aliphatic carbocycles. The molecule has 3 rings (SSSR count). The summed E-state index contributed by atoms with van der Waals surface area (Å²) >= 11 is 0. The van der Waals surface area contributed by atoms with Gasteiger partial charge in [-0.15, -0.1) is 0 Å². The zero-order valence-corrected chi connectivity index (χ0v) is 17.0. The third kappa shape index (κ3) is 4.31. The second kappa shape index (κ2) is 8.31. The summed E-state index contributed by atoms with van der Waals surface area (Å²) in [5, 5.41) is 18.0. The van der Waals surface area contributed by atoms with Crippen LogP contribution in [0.15, 0.2) is 58.3 Å². The molecule has 0 radical (unpaired) electrons. The standard InChI is InChI=1S/C19H18N4O4S2/c20-14-16-4-1-6-18(12-16)28(24,25)22-8-3-9-23(11-10-22)29(26,27)19-7-2-5-17(13-19)15-21/h1-2,4-7,12-13H,3,8-11H2. The first kappa shape index (κ1) is 21.0. The Balaban J connectivity index is 1.83. The minimum absolute atomic E-state index is 0.00369. The van der Waals surface area contributed by atoms with Crippen LogP contribution in [0.5, 0.6) is 0 Å². The Bertz CT molecular complexity index is 1120. The molecule has 1 aliphatic heterocycles. The van der Waals surface area contributed by atoms with Crippen molar-refractivity contribution < 1.29 is 16.8 Å². The van der Waals surface area contributed by atoms with E-state index in [2.05, 4.69) is 0 Å². The highest BCUT2D eigenvalue weighted by atomic mass is 32.2. The van der Waals surface area contributed by atoms with E-state index in [9.17, 15) is 16.8 Å². The van der Waals surface area contributed by atoms with Gasteiger partial charge in [-0.25, -0.2) is 16.8 Å². The number of benzene rings is 2. The van der Waals surface area contributed by atoms with Gasteiger partial charge in [0.1, 0.15) is 0 Å². The fourth-order valence-electron chi connectivity index (χ4n) is 3.10. The quantitative estimate of drug-likeness (QED) is 0.725. The molecule has 0 aromatic heterocycles. The third-order valence-electron chi connectivity index (χ3n) is 4.62. The normalized spacial score (nSPS) is 16.5. The first-order valence-electron chi connectivity index (χ1n) is 8.79. The first-order valence-corrected chi connectivity index (χ1v) is 11.7. The average molecular weight is 431 g/mol. The van der Waals surface area contributed by atoms with Crippen LogP contribution in [0.1, 0.15) is 17.5 Å². The summed E-state index contributed by atoms with van der Waals surface area (Å²) < 4.78 is 54.2. The lowest BCUT2D eigenvalue weighted by Crippen LogP contribution is -2.37. The van der Waals surface area contributed by atoms with Gasteiger partial charge in [0.05, 0.1) is 33.1 Å². The largest absolute Gasteiger partial charge is 0.243 e. The fourth-order valence-corrected chi connectivity index (χ4v) is 6.13. The van der Waals surface area contributed by atoms with Crippen molar-refractivity contribution in [3.8, 4) is 12.1 Å². The summed E-state index contributed by atoms with van der Waals surface area (Å²) in [6.45, 7) is 0.333. The van der Waals surface area contributed by atoms with E-state index in [1.54, 1.807) is 0 Å². The lowest BCUT2D eigenvalue weighted by atomic mass is 10.2. The van der Waals surface area contributed by atoms with Gasteiger partial charge in [0, 0.05) is 26.2 Å². The molecule has 0 spiro atoms. The van der Waals surface area contributed by atoms with Crippen molar-refractivity contribution in [2.75, 3.05) is 26.2 Å². The van der Waals surface area contributed by atoms with Crippen LogP contribution in [-0.2, 0) is 20.0 Å². The fraction of sp³-hybridized carbons (Fsp3) is 0.263. The monoisotopic (exact) mass is 430 g/mol. The molecule has 10 heteroatoms. The van der Waals surface area contributed by atoms with Gasteiger partial charge in [-0.1, -0.05) is 12.1 Å². The van der Waals surface area contributed by atoms with Gasteiger partial charge in [0.25, 0.3) is 0 Å². The summed E-state index contributed by atoms with van der Waals surface area (Å²) in [6.07, 6.45) is 0.328. The average Bonchev–Trinajstić information content (AvgIpc) is 3.01. The topological polar surface area (TPSA) is 122 Å². The molecule has 1 saturated heterocycles. The molecular weight excluding hydrogens is 412 g/mol. The Kier molecular flexibility index (Phi) is 6.01. The summed E-state index contributed by atoms with van der Waals surface area (Å²) in [4.78, 5) is 0.0177. The predicted molar refractivity (Wildman–Crippen MR) is 104 cm³/mol. The van der Waals surface area contributed by atoms with Gasteiger partial charge in [-0.3, -0.25) is 0 Å². The van der Waals surface area contributed by atoms with Crippen LogP contribution in [0.4, 0.5) is 0 Å². The van der Waals surface area contributed by atoms with Gasteiger partial charge in [-0.2, -0.15) is 19.1 Å². The van der Waals surface area contributed by atoms with Crippen LogP contribution in [0.2, 0.25) is 0 Å². The van der Waals surface area contributed by atoms with Crippen LogP contribution in [0.25, 0.3) is 0 Å². The van der Waals surface area contributed by atoms with Crippen molar-refractivity contribution in [2.24, 2.45) is 0 Å². The van der Waals surface area contributed by atoms with Crippen LogP contribution < -0.4 is 0 Å². The molecule has 1 heterocycles. The summed E-state index contributed by atoms with van der Waals surface area (Å²) in [7, 11) is -7.69. The first-order chi connectivity index (χ1) is 13.8. The minimum atomic E-state index is -3.84. The Morgan fingerprint density at radius 1 is 0.690 bits per heavy atom. The van der Waals surface area contributed by atoms with Gasteiger partial charge in [0.2, 0.25) is 20.0 Å². The highest BCUT2D eigenvalue weighted by molar-refractivity contribution is 7.89. The van der Waals surface area contributed by atoms with Crippen molar-refractivity contribution in [2.45, 2.75) is 16.2 Å². The maximum atomic E-state index is 12.9. The van der Waals surface area contributed by atoms with E-state index in [4.69, 9.17) is 10.5 Å². The molecule has 8 nitrogen and oxygen atoms in total. The van der Waals surface area contributed by atoms with Crippen molar-refractivity contribution >= 4 is 20.0 Å². The van der Waals surface area contributed by atoms with Crippen LogP contribution in [-0.4, -0.2) is 51.6 Å². The molecule has 0 saturated carbocycles. The number of sulfonamides is 2. The van der Waals surface area contributed by atoms with E-state index in [0.717, 1.165) is 0 Å². The maximum Gasteiger partial charge on any atom is 0.243 e. The van der Waals surface area contributed by atoms with Crippen LogP contribution in [0.3, 0.4) is 0 Å². The van der Waals surface area contributed by atoms with Crippen LogP contribution in [0, 0.1) is 22.7 Å². The number of rotatable bonds is 4. The van der Waals surface area contributed by atoms with Crippen molar-refractivity contribution in [3.05, 3.63) is 59.7 Å². The maximum absolute atomic E-state index is 12.9. The van der Waals surface area contributed by atoms with E-state index in [-0.39, 0.29) is 47.1 Å². The molecule has 0 amide bonds. The second-order valence-electron chi connectivity index (χ2n) is 6.44. The molecule has 0 atom stereocenters. The zero-order chi connectivity index (χ0) is 21.1. The molecule has 1 aliphatic rings. The number of hydrogen-bond donors (Lipinski definition) is 0. The summed E-state index contributed by atoms with van der Waals surface area (Å²) in [5.74, 6) is 0.